The second-order valence-electron chi connectivity index (χ2n) is 3.25. The predicted octanol–water partition coefficient (Wildman–Crippen LogP) is 0.664. The maximum Gasteiger partial charge on any atom is 0.335 e. The van der Waals surface area contributed by atoms with Crippen LogP contribution in [0.1, 0.15) is 20.7 Å². The van der Waals surface area contributed by atoms with Gasteiger partial charge in [-0.05, 0) is 18.2 Å². The minimum absolute atomic E-state index is 0.103. The smallest absolute Gasteiger partial charge is 0.335 e. The van der Waals surface area contributed by atoms with Crippen molar-refractivity contribution in [3.63, 3.8) is 0 Å². The molecule has 7 heteroatoms. The van der Waals surface area contributed by atoms with Crippen LogP contribution in [0.4, 0.5) is 0 Å². The van der Waals surface area contributed by atoms with Crippen molar-refractivity contribution in [1.82, 2.24) is 14.8 Å². The topological polar surface area (TPSA) is 105 Å². The third-order valence-corrected chi connectivity index (χ3v) is 2.13. The van der Waals surface area contributed by atoms with Crippen molar-refractivity contribution in [3.05, 3.63) is 42.0 Å². The van der Waals surface area contributed by atoms with Crippen LogP contribution in [0.25, 0.3) is 5.69 Å². The van der Waals surface area contributed by atoms with E-state index in [-0.39, 0.29) is 11.1 Å². The number of carboxylic acids is 2. The van der Waals surface area contributed by atoms with Gasteiger partial charge in [0.15, 0.2) is 0 Å². The summed E-state index contributed by atoms with van der Waals surface area (Å²) in [6.45, 7) is 0. The molecule has 7 nitrogen and oxygen atoms in total. The number of carboxylic acid groups (broad SMARTS) is 2. The zero-order valence-electron chi connectivity index (χ0n) is 8.44. The van der Waals surface area contributed by atoms with E-state index in [4.69, 9.17) is 10.2 Å². The molecule has 0 saturated heterocycles. The molecule has 1 heterocycles. The van der Waals surface area contributed by atoms with Crippen LogP contribution >= 0.6 is 0 Å². The Labute approximate surface area is 95.0 Å². The summed E-state index contributed by atoms with van der Waals surface area (Å²) in [5.41, 5.74) is 0.175. The van der Waals surface area contributed by atoms with E-state index in [1.807, 2.05) is 0 Å². The molecule has 0 bridgehead atoms. The van der Waals surface area contributed by atoms with Gasteiger partial charge in [0.1, 0.15) is 12.7 Å². The number of hydrogen-bond acceptors (Lipinski definition) is 4. The van der Waals surface area contributed by atoms with Crippen LogP contribution in [0.3, 0.4) is 0 Å². The molecule has 1 aromatic heterocycles. The lowest BCUT2D eigenvalue weighted by Crippen LogP contribution is -2.05. The second-order valence-corrected chi connectivity index (χ2v) is 3.25. The van der Waals surface area contributed by atoms with Crippen LogP contribution in [0.15, 0.2) is 30.9 Å². The van der Waals surface area contributed by atoms with Crippen LogP contribution in [-0.4, -0.2) is 36.9 Å². The van der Waals surface area contributed by atoms with E-state index in [9.17, 15) is 9.59 Å². The number of carbonyl (C=O) groups is 2. The lowest BCUT2D eigenvalue weighted by molar-refractivity contribution is 0.0696. The summed E-state index contributed by atoms with van der Waals surface area (Å²) in [6, 6.07) is 3.79. The summed E-state index contributed by atoms with van der Waals surface area (Å²) >= 11 is 0. The molecule has 0 atom stereocenters. The van der Waals surface area contributed by atoms with Crippen molar-refractivity contribution in [1.29, 1.82) is 0 Å². The van der Waals surface area contributed by atoms with E-state index in [2.05, 4.69) is 10.2 Å². The van der Waals surface area contributed by atoms with Crippen molar-refractivity contribution >= 4 is 11.9 Å². The predicted molar refractivity (Wildman–Crippen MR) is 55.3 cm³/mol. The van der Waals surface area contributed by atoms with E-state index in [0.29, 0.717) is 5.69 Å². The molecule has 1 aromatic carbocycles. The SMILES string of the molecule is O=C(O)c1cc(C(=O)O)cc(-n2cnnc2)c1. The molecule has 0 aliphatic carbocycles. The molecule has 2 rings (SSSR count). The van der Waals surface area contributed by atoms with Crippen molar-refractivity contribution in [2.45, 2.75) is 0 Å². The summed E-state index contributed by atoms with van der Waals surface area (Å²) in [6.07, 6.45) is 2.71. The highest BCUT2D eigenvalue weighted by Crippen LogP contribution is 2.14. The van der Waals surface area contributed by atoms with Gasteiger partial charge in [-0.2, -0.15) is 0 Å². The minimum atomic E-state index is -1.19. The van der Waals surface area contributed by atoms with Gasteiger partial charge in [-0.3, -0.25) is 4.57 Å². The van der Waals surface area contributed by atoms with Gasteiger partial charge in [-0.1, -0.05) is 0 Å². The Hall–Kier alpha value is -2.70. The first-order valence-corrected chi connectivity index (χ1v) is 4.54. The highest BCUT2D eigenvalue weighted by atomic mass is 16.4. The molecule has 0 unspecified atom stereocenters. The first-order valence-electron chi connectivity index (χ1n) is 4.54. The maximum absolute atomic E-state index is 10.9. The molecule has 2 aromatic rings. The maximum atomic E-state index is 10.9. The Morgan fingerprint density at radius 1 is 0.941 bits per heavy atom. The number of rotatable bonds is 3. The number of hydrogen-bond donors (Lipinski definition) is 2. The summed E-state index contributed by atoms with van der Waals surface area (Å²) in [5, 5.41) is 24.9. The Bertz CT molecular complexity index is 545. The van der Waals surface area contributed by atoms with E-state index >= 15 is 0 Å². The highest BCUT2D eigenvalue weighted by Gasteiger charge is 2.12. The largest absolute Gasteiger partial charge is 0.478 e. The summed E-state index contributed by atoms with van der Waals surface area (Å²) in [5.74, 6) is -2.38. The Kier molecular flexibility index (Phi) is 2.57. The molecule has 0 amide bonds. The lowest BCUT2D eigenvalue weighted by Gasteiger charge is -2.05. The van der Waals surface area contributed by atoms with E-state index in [0.717, 1.165) is 6.07 Å². The van der Waals surface area contributed by atoms with Gasteiger partial charge in [0.05, 0.1) is 11.1 Å². The van der Waals surface area contributed by atoms with E-state index in [1.54, 1.807) is 0 Å². The monoisotopic (exact) mass is 233 g/mol. The van der Waals surface area contributed by atoms with Crippen LogP contribution in [0.5, 0.6) is 0 Å². The standard InChI is InChI=1S/C10H7N3O4/c14-9(15)6-1-7(10(16)17)3-8(2-6)13-4-11-12-5-13/h1-5H,(H,14,15)(H,16,17). The Balaban J connectivity index is 2.60. The molecule has 0 fully saturated rings. The van der Waals surface area contributed by atoms with Crippen LogP contribution in [0, 0.1) is 0 Å². The summed E-state index contributed by atoms with van der Waals surface area (Å²) < 4.78 is 1.43. The molecule has 0 aliphatic heterocycles. The van der Waals surface area contributed by atoms with Crippen LogP contribution in [-0.2, 0) is 0 Å². The molecule has 86 valence electrons. The van der Waals surface area contributed by atoms with Gasteiger partial charge >= 0.3 is 11.9 Å². The Morgan fingerprint density at radius 2 is 1.41 bits per heavy atom. The van der Waals surface area contributed by atoms with Crippen molar-refractivity contribution in [3.8, 4) is 5.69 Å². The zero-order valence-corrected chi connectivity index (χ0v) is 8.44. The average Bonchev–Trinajstić information content (AvgIpc) is 2.81. The fourth-order valence-corrected chi connectivity index (χ4v) is 1.34. The Morgan fingerprint density at radius 3 is 1.82 bits per heavy atom. The fraction of sp³-hybridized carbons (Fsp3) is 0. The van der Waals surface area contributed by atoms with E-state index in [1.165, 1.54) is 29.4 Å². The third-order valence-electron chi connectivity index (χ3n) is 2.13. The van der Waals surface area contributed by atoms with Crippen molar-refractivity contribution in [2.24, 2.45) is 0 Å². The van der Waals surface area contributed by atoms with Crippen molar-refractivity contribution < 1.29 is 19.8 Å². The number of aromatic carboxylic acids is 2. The average molecular weight is 233 g/mol. The molecule has 0 radical (unpaired) electrons. The molecule has 0 saturated carbocycles. The first-order chi connectivity index (χ1) is 8.08. The van der Waals surface area contributed by atoms with Crippen LogP contribution < -0.4 is 0 Å². The number of benzene rings is 1. The molecular formula is C10H7N3O4. The van der Waals surface area contributed by atoms with E-state index < -0.39 is 11.9 Å². The van der Waals surface area contributed by atoms with Gasteiger partial charge in [0.2, 0.25) is 0 Å². The van der Waals surface area contributed by atoms with Gasteiger partial charge in [0, 0.05) is 5.69 Å². The van der Waals surface area contributed by atoms with Crippen LogP contribution in [0.2, 0.25) is 0 Å². The van der Waals surface area contributed by atoms with Gasteiger partial charge in [-0.15, -0.1) is 10.2 Å². The normalized spacial score (nSPS) is 10.1. The molecular weight excluding hydrogens is 226 g/mol. The van der Waals surface area contributed by atoms with Gasteiger partial charge < -0.3 is 10.2 Å². The third kappa shape index (κ3) is 2.12. The molecule has 0 aliphatic rings. The van der Waals surface area contributed by atoms with Crippen molar-refractivity contribution in [2.75, 3.05) is 0 Å². The number of nitrogens with zero attached hydrogens (tertiary/aromatic N) is 3. The molecule has 0 spiro atoms. The quantitative estimate of drug-likeness (QED) is 0.806. The molecule has 2 N–H and O–H groups in total. The lowest BCUT2D eigenvalue weighted by atomic mass is 10.1. The first kappa shape index (κ1) is 10.8. The molecule has 17 heavy (non-hydrogen) atoms. The zero-order chi connectivity index (χ0) is 12.4. The minimum Gasteiger partial charge on any atom is -0.478 e. The summed E-state index contributed by atoms with van der Waals surface area (Å²) in [4.78, 5) is 21.7. The fourth-order valence-electron chi connectivity index (χ4n) is 1.34. The number of aromatic nitrogens is 3. The summed E-state index contributed by atoms with van der Waals surface area (Å²) in [7, 11) is 0. The highest BCUT2D eigenvalue weighted by molar-refractivity contribution is 5.94. The van der Waals surface area contributed by atoms with Gasteiger partial charge in [0.25, 0.3) is 0 Å². The second kappa shape index (κ2) is 4.05. The van der Waals surface area contributed by atoms with Gasteiger partial charge in [-0.25, -0.2) is 9.59 Å².